The molecule has 0 heterocycles. The first-order chi connectivity index (χ1) is 9.93. The average Bonchev–Trinajstić information content (AvgIpc) is 3.24. The molecule has 1 aromatic carbocycles. The summed E-state index contributed by atoms with van der Waals surface area (Å²) in [5.41, 5.74) is -0.272. The van der Waals surface area contributed by atoms with E-state index in [2.05, 4.69) is 5.92 Å². The first-order valence-corrected chi connectivity index (χ1v) is 7.05. The predicted molar refractivity (Wildman–Crippen MR) is 80.6 cm³/mol. The van der Waals surface area contributed by atoms with Crippen molar-refractivity contribution >= 4 is 34.8 Å². The molecule has 0 aliphatic heterocycles. The van der Waals surface area contributed by atoms with Crippen molar-refractivity contribution < 1.29 is 9.72 Å². The minimum absolute atomic E-state index is 0.00471. The number of non-ortho nitro benzene ring substituents is 1. The van der Waals surface area contributed by atoms with Gasteiger partial charge in [0.1, 0.15) is 0 Å². The van der Waals surface area contributed by atoms with Gasteiger partial charge in [0.2, 0.25) is 0 Å². The van der Waals surface area contributed by atoms with Crippen LogP contribution in [0, 0.1) is 28.4 Å². The van der Waals surface area contributed by atoms with E-state index in [0.29, 0.717) is 12.5 Å². The number of carbonyl (C=O) groups is 1. The molecule has 1 aromatic rings. The topological polar surface area (TPSA) is 63.5 Å². The second-order valence-electron chi connectivity index (χ2n) is 4.88. The zero-order valence-corrected chi connectivity index (χ0v) is 12.5. The molecule has 0 unspecified atom stereocenters. The van der Waals surface area contributed by atoms with Crippen LogP contribution in [0.3, 0.4) is 0 Å². The summed E-state index contributed by atoms with van der Waals surface area (Å²) in [5, 5.41) is 10.8. The molecule has 5 nitrogen and oxygen atoms in total. The number of terminal acetylenes is 1. The molecule has 1 saturated carbocycles. The van der Waals surface area contributed by atoms with Gasteiger partial charge in [0.05, 0.1) is 27.1 Å². The summed E-state index contributed by atoms with van der Waals surface area (Å²) in [6, 6.07) is 2.25. The maximum Gasteiger partial charge on any atom is 0.271 e. The van der Waals surface area contributed by atoms with Crippen LogP contribution in [0.4, 0.5) is 5.69 Å². The Balaban J connectivity index is 2.35. The van der Waals surface area contributed by atoms with Gasteiger partial charge in [-0.25, -0.2) is 0 Å². The van der Waals surface area contributed by atoms with Crippen LogP contribution in [-0.2, 0) is 0 Å². The Morgan fingerprint density at radius 2 is 2.14 bits per heavy atom. The zero-order valence-electron chi connectivity index (χ0n) is 11.0. The fraction of sp³-hybridized carbons (Fsp3) is 0.357. The number of halogens is 2. The normalized spacial score (nSPS) is 13.6. The van der Waals surface area contributed by atoms with Crippen LogP contribution in [0.1, 0.15) is 23.2 Å². The van der Waals surface area contributed by atoms with Crippen molar-refractivity contribution in [1.82, 2.24) is 4.90 Å². The summed E-state index contributed by atoms with van der Waals surface area (Å²) >= 11 is 11.9. The van der Waals surface area contributed by atoms with Crippen molar-refractivity contribution in [3.8, 4) is 12.3 Å². The fourth-order valence-electron chi connectivity index (χ4n) is 1.95. The van der Waals surface area contributed by atoms with Gasteiger partial charge in [0, 0.05) is 18.7 Å². The molecule has 2 rings (SSSR count). The smallest absolute Gasteiger partial charge is 0.271 e. The van der Waals surface area contributed by atoms with Crippen LogP contribution >= 0.6 is 23.2 Å². The van der Waals surface area contributed by atoms with Crippen LogP contribution in [0.25, 0.3) is 0 Å². The lowest BCUT2D eigenvalue weighted by Crippen LogP contribution is -2.33. The average molecular weight is 327 g/mol. The SMILES string of the molecule is C#CCN(CC1CC1)C(=O)c1cc([N+](=O)[O-])cc(Cl)c1Cl. The lowest BCUT2D eigenvalue weighted by molar-refractivity contribution is -0.384. The molecular weight excluding hydrogens is 315 g/mol. The lowest BCUT2D eigenvalue weighted by Gasteiger charge is -2.20. The Morgan fingerprint density at radius 1 is 1.48 bits per heavy atom. The highest BCUT2D eigenvalue weighted by atomic mass is 35.5. The molecule has 7 heteroatoms. The zero-order chi connectivity index (χ0) is 15.6. The van der Waals surface area contributed by atoms with E-state index in [0.717, 1.165) is 25.0 Å². The molecule has 110 valence electrons. The molecule has 21 heavy (non-hydrogen) atoms. The fourth-order valence-corrected chi connectivity index (χ4v) is 2.35. The van der Waals surface area contributed by atoms with Crippen molar-refractivity contribution in [2.24, 2.45) is 5.92 Å². The Kier molecular flexibility index (Phi) is 4.71. The molecule has 1 amide bonds. The third-order valence-electron chi connectivity index (χ3n) is 3.20. The molecule has 1 fully saturated rings. The molecule has 0 aromatic heterocycles. The lowest BCUT2D eigenvalue weighted by atomic mass is 10.1. The van der Waals surface area contributed by atoms with E-state index in [1.54, 1.807) is 0 Å². The van der Waals surface area contributed by atoms with Crippen molar-refractivity contribution in [1.29, 1.82) is 0 Å². The minimum atomic E-state index is -0.620. The van der Waals surface area contributed by atoms with Crippen LogP contribution in [0.15, 0.2) is 12.1 Å². The number of nitro groups is 1. The van der Waals surface area contributed by atoms with Crippen LogP contribution in [-0.4, -0.2) is 28.8 Å². The number of nitrogens with zero attached hydrogens (tertiary/aromatic N) is 2. The molecule has 0 spiro atoms. The number of benzene rings is 1. The van der Waals surface area contributed by atoms with Gasteiger partial charge in [0.25, 0.3) is 11.6 Å². The highest BCUT2D eigenvalue weighted by molar-refractivity contribution is 6.44. The number of nitro benzene ring substituents is 1. The summed E-state index contributed by atoms with van der Waals surface area (Å²) in [7, 11) is 0. The summed E-state index contributed by atoms with van der Waals surface area (Å²) in [6.07, 6.45) is 7.38. The maximum absolute atomic E-state index is 12.5. The molecule has 1 aliphatic carbocycles. The standard InChI is InChI=1S/C14H12Cl2N2O3/c1-2-5-17(8-9-3-4-9)14(19)11-6-10(18(20)21)7-12(15)13(11)16/h1,6-7,9H,3-5,8H2. The van der Waals surface area contributed by atoms with Crippen molar-refractivity contribution in [2.75, 3.05) is 13.1 Å². The summed E-state index contributed by atoms with van der Waals surface area (Å²) < 4.78 is 0. The Labute approximate surface area is 132 Å². The van der Waals surface area contributed by atoms with Crippen molar-refractivity contribution in [2.45, 2.75) is 12.8 Å². The van der Waals surface area contributed by atoms with Crippen molar-refractivity contribution in [3.63, 3.8) is 0 Å². The number of amides is 1. The quantitative estimate of drug-likeness (QED) is 0.473. The maximum atomic E-state index is 12.5. The van der Waals surface area contributed by atoms with Gasteiger partial charge in [-0.3, -0.25) is 14.9 Å². The largest absolute Gasteiger partial charge is 0.327 e. The number of carbonyl (C=O) groups excluding carboxylic acids is 1. The summed E-state index contributed by atoms with van der Waals surface area (Å²) in [5.74, 6) is 2.42. The van der Waals surface area contributed by atoms with Gasteiger partial charge in [0.15, 0.2) is 0 Å². The third-order valence-corrected chi connectivity index (χ3v) is 4.00. The van der Waals surface area contributed by atoms with E-state index in [4.69, 9.17) is 29.6 Å². The summed E-state index contributed by atoms with van der Waals surface area (Å²) in [4.78, 5) is 24.2. The van der Waals surface area contributed by atoms with Gasteiger partial charge < -0.3 is 4.90 Å². The van der Waals surface area contributed by atoms with E-state index in [9.17, 15) is 14.9 Å². The molecule has 0 N–H and O–H groups in total. The second-order valence-corrected chi connectivity index (χ2v) is 5.66. The van der Waals surface area contributed by atoms with Crippen LogP contribution < -0.4 is 0 Å². The summed E-state index contributed by atoms with van der Waals surface area (Å²) in [6.45, 7) is 0.658. The highest BCUT2D eigenvalue weighted by Crippen LogP contribution is 2.33. The van der Waals surface area contributed by atoms with E-state index < -0.39 is 10.8 Å². The predicted octanol–water partition coefficient (Wildman–Crippen LogP) is 3.39. The van der Waals surface area contributed by atoms with Crippen LogP contribution in [0.5, 0.6) is 0 Å². The van der Waals surface area contributed by atoms with Gasteiger partial charge in [-0.2, -0.15) is 0 Å². The van der Waals surface area contributed by atoms with E-state index >= 15 is 0 Å². The van der Waals surface area contributed by atoms with Gasteiger partial charge in [-0.1, -0.05) is 29.1 Å². The Morgan fingerprint density at radius 3 is 2.67 bits per heavy atom. The van der Waals surface area contributed by atoms with Gasteiger partial charge in [-0.15, -0.1) is 6.42 Å². The minimum Gasteiger partial charge on any atom is -0.327 e. The monoisotopic (exact) mass is 326 g/mol. The number of hydrogen-bond acceptors (Lipinski definition) is 3. The molecule has 0 atom stereocenters. The molecule has 0 radical (unpaired) electrons. The molecule has 0 bridgehead atoms. The second kappa shape index (κ2) is 6.33. The Bertz CT molecular complexity index is 636. The molecule has 1 aliphatic rings. The Hall–Kier alpha value is -1.77. The molecule has 0 saturated heterocycles. The first-order valence-electron chi connectivity index (χ1n) is 6.30. The van der Waals surface area contributed by atoms with E-state index in [1.165, 1.54) is 4.90 Å². The van der Waals surface area contributed by atoms with Crippen molar-refractivity contribution in [3.05, 3.63) is 37.9 Å². The van der Waals surface area contributed by atoms with E-state index in [1.807, 2.05) is 0 Å². The third kappa shape index (κ3) is 3.66. The van der Waals surface area contributed by atoms with Gasteiger partial charge >= 0.3 is 0 Å². The number of rotatable bonds is 5. The number of hydrogen-bond donors (Lipinski definition) is 0. The van der Waals surface area contributed by atoms with Crippen LogP contribution in [0.2, 0.25) is 10.0 Å². The van der Waals surface area contributed by atoms with Gasteiger partial charge in [-0.05, 0) is 18.8 Å². The molecular formula is C14H12Cl2N2O3. The highest BCUT2D eigenvalue weighted by Gasteiger charge is 2.29. The van der Waals surface area contributed by atoms with E-state index in [-0.39, 0.29) is 27.8 Å². The first kappa shape index (κ1) is 15.6.